The highest BCUT2D eigenvalue weighted by atomic mass is 14.9. The van der Waals surface area contributed by atoms with Crippen LogP contribution >= 0.6 is 0 Å². The van der Waals surface area contributed by atoms with Crippen molar-refractivity contribution in [3.05, 3.63) is 0 Å². The summed E-state index contributed by atoms with van der Waals surface area (Å²) in [4.78, 5) is 0. The molecule has 0 spiro atoms. The van der Waals surface area contributed by atoms with Crippen LogP contribution < -0.4 is 5.32 Å². The second-order valence-electron chi connectivity index (χ2n) is 2.52. The largest absolute Gasteiger partial charge is 0.346 e. The van der Waals surface area contributed by atoms with Crippen molar-refractivity contribution in [2.24, 2.45) is 11.8 Å². The minimum Gasteiger partial charge on any atom is -0.346 e. The highest BCUT2D eigenvalue weighted by molar-refractivity contribution is 4.87. The zero-order valence-corrected chi connectivity index (χ0v) is 3.85. The van der Waals surface area contributed by atoms with Gasteiger partial charge < -0.3 is 5.32 Å². The first kappa shape index (κ1) is 3.03. The summed E-state index contributed by atoms with van der Waals surface area (Å²) in [5.41, 5.74) is 0. The van der Waals surface area contributed by atoms with Crippen molar-refractivity contribution in [1.29, 1.82) is 0 Å². The van der Waals surface area contributed by atoms with Crippen LogP contribution in [0.25, 0.3) is 0 Å². The van der Waals surface area contributed by atoms with Gasteiger partial charge in [-0.3, -0.25) is 0 Å². The number of hydrogen-bond donors (Lipinski definition) is 1. The third kappa shape index (κ3) is 0.243. The van der Waals surface area contributed by atoms with Gasteiger partial charge in [0.1, 0.15) is 0 Å². The summed E-state index contributed by atoms with van der Waals surface area (Å²) in [6.45, 7) is 2.87. The van der Waals surface area contributed by atoms with Crippen LogP contribution in [0.2, 0.25) is 0 Å². The maximum absolute atomic E-state index is 2.43. The third-order valence-electron chi connectivity index (χ3n) is 2.01. The second-order valence-corrected chi connectivity index (χ2v) is 2.52. The van der Waals surface area contributed by atoms with E-state index in [2.05, 4.69) is 5.32 Å². The number of rotatable bonds is 0. The zero-order valence-electron chi connectivity index (χ0n) is 3.85. The Morgan fingerprint density at radius 1 is 1.17 bits per heavy atom. The van der Waals surface area contributed by atoms with Gasteiger partial charge in [0.05, 0.1) is 13.1 Å². The lowest BCUT2D eigenvalue weighted by Gasteiger charge is -1.84. The van der Waals surface area contributed by atoms with E-state index in [0.717, 1.165) is 11.8 Å². The molecule has 0 amide bonds. The van der Waals surface area contributed by atoms with E-state index in [4.69, 9.17) is 0 Å². The summed E-state index contributed by atoms with van der Waals surface area (Å²) in [6, 6.07) is 0. The Morgan fingerprint density at radius 3 is 2.00 bits per heavy atom. The maximum Gasteiger partial charge on any atom is 0.0789 e. The molecule has 34 valence electrons. The molecule has 2 atom stereocenters. The van der Waals surface area contributed by atoms with Gasteiger partial charge in [-0.1, -0.05) is 0 Å². The van der Waals surface area contributed by atoms with E-state index in [0.29, 0.717) is 0 Å². The number of piperidine rings is 1. The smallest absolute Gasteiger partial charge is 0.0789 e. The van der Waals surface area contributed by atoms with Crippen LogP contribution in [-0.4, -0.2) is 13.1 Å². The molecule has 1 nitrogen and oxygen atoms in total. The van der Waals surface area contributed by atoms with Crippen LogP contribution in [-0.2, 0) is 0 Å². The van der Waals surface area contributed by atoms with Gasteiger partial charge in [-0.05, 0) is 6.42 Å². The SMILES string of the molecule is C1[NH2+]C[C@H]2C[C@@H]12. The van der Waals surface area contributed by atoms with E-state index in [1.165, 1.54) is 13.1 Å². The topological polar surface area (TPSA) is 16.6 Å². The third-order valence-corrected chi connectivity index (χ3v) is 2.01. The number of hydrogen-bond acceptors (Lipinski definition) is 0. The number of nitrogens with two attached hydrogens (primary N) is 1. The fourth-order valence-electron chi connectivity index (χ4n) is 1.41. The molecule has 0 aromatic rings. The summed E-state index contributed by atoms with van der Waals surface area (Å²) in [6.07, 6.45) is 1.55. The van der Waals surface area contributed by atoms with Crippen molar-refractivity contribution in [3.63, 3.8) is 0 Å². The summed E-state index contributed by atoms with van der Waals surface area (Å²) < 4.78 is 0. The maximum atomic E-state index is 2.43. The monoisotopic (exact) mass is 84.1 g/mol. The normalized spacial score (nSPS) is 52.0. The molecule has 1 aliphatic carbocycles. The summed E-state index contributed by atoms with van der Waals surface area (Å²) in [7, 11) is 0. The van der Waals surface area contributed by atoms with Crippen molar-refractivity contribution in [2.45, 2.75) is 6.42 Å². The summed E-state index contributed by atoms with van der Waals surface area (Å²) >= 11 is 0. The van der Waals surface area contributed by atoms with Gasteiger partial charge in [-0.15, -0.1) is 0 Å². The molecule has 0 unspecified atom stereocenters. The summed E-state index contributed by atoms with van der Waals surface area (Å²) in [5.74, 6) is 2.31. The predicted octanol–water partition coefficient (Wildman–Crippen LogP) is -0.801. The van der Waals surface area contributed by atoms with Crippen molar-refractivity contribution >= 4 is 0 Å². The van der Waals surface area contributed by atoms with Gasteiger partial charge in [0.2, 0.25) is 0 Å². The average molecular weight is 84.1 g/mol. The first-order valence-corrected chi connectivity index (χ1v) is 2.78. The highest BCUT2D eigenvalue weighted by Crippen LogP contribution is 2.37. The molecule has 1 heterocycles. The lowest BCUT2D eigenvalue weighted by atomic mass is 10.4. The van der Waals surface area contributed by atoms with Crippen LogP contribution in [0.15, 0.2) is 0 Å². The molecular formula is C5H10N+. The highest BCUT2D eigenvalue weighted by Gasteiger charge is 2.44. The number of fused-ring (bicyclic) bond motifs is 1. The molecular weight excluding hydrogens is 74.1 g/mol. The molecule has 1 aliphatic heterocycles. The lowest BCUT2D eigenvalue weighted by Crippen LogP contribution is -2.82. The lowest BCUT2D eigenvalue weighted by molar-refractivity contribution is -0.644. The average Bonchev–Trinajstić information content (AvgIpc) is 2.17. The molecule has 2 fully saturated rings. The Labute approximate surface area is 37.7 Å². The molecule has 2 N–H and O–H groups in total. The molecule has 0 aromatic heterocycles. The van der Waals surface area contributed by atoms with E-state index in [-0.39, 0.29) is 0 Å². The van der Waals surface area contributed by atoms with Crippen molar-refractivity contribution in [1.82, 2.24) is 0 Å². The standard InChI is InChI=1S/C5H9N/c1-4-2-6-3-5(1)4/h4-6H,1-3H2/p+1/t4-,5+. The fourth-order valence-corrected chi connectivity index (χ4v) is 1.41. The van der Waals surface area contributed by atoms with Crippen LogP contribution in [0.1, 0.15) is 6.42 Å². The van der Waals surface area contributed by atoms with Crippen molar-refractivity contribution in [3.8, 4) is 0 Å². The van der Waals surface area contributed by atoms with E-state index >= 15 is 0 Å². The molecule has 2 aliphatic rings. The Balaban J connectivity index is 2.09. The van der Waals surface area contributed by atoms with Gasteiger partial charge >= 0.3 is 0 Å². The van der Waals surface area contributed by atoms with E-state index in [1.807, 2.05) is 0 Å². The minimum atomic E-state index is 1.16. The quantitative estimate of drug-likeness (QED) is 0.396. The van der Waals surface area contributed by atoms with Crippen molar-refractivity contribution in [2.75, 3.05) is 13.1 Å². The van der Waals surface area contributed by atoms with E-state index in [1.54, 1.807) is 6.42 Å². The summed E-state index contributed by atoms with van der Waals surface area (Å²) in [5, 5.41) is 2.43. The van der Waals surface area contributed by atoms with Crippen LogP contribution in [0.3, 0.4) is 0 Å². The van der Waals surface area contributed by atoms with Crippen LogP contribution in [0, 0.1) is 11.8 Å². The van der Waals surface area contributed by atoms with E-state index in [9.17, 15) is 0 Å². The van der Waals surface area contributed by atoms with Crippen LogP contribution in [0.5, 0.6) is 0 Å². The molecule has 0 radical (unpaired) electrons. The van der Waals surface area contributed by atoms with Crippen molar-refractivity contribution < 1.29 is 5.32 Å². The molecule has 1 saturated carbocycles. The Morgan fingerprint density at radius 2 is 1.83 bits per heavy atom. The fraction of sp³-hybridized carbons (Fsp3) is 1.00. The first-order chi connectivity index (χ1) is 2.97. The first-order valence-electron chi connectivity index (χ1n) is 2.78. The molecule has 0 aromatic carbocycles. The minimum absolute atomic E-state index is 1.16. The van der Waals surface area contributed by atoms with Gasteiger partial charge in [-0.2, -0.15) is 0 Å². The Kier molecular flexibility index (Phi) is 0.396. The molecule has 2 rings (SSSR count). The predicted molar refractivity (Wildman–Crippen MR) is 23.3 cm³/mol. The molecule has 1 heteroatoms. The molecule has 0 bridgehead atoms. The van der Waals surface area contributed by atoms with Gasteiger partial charge in [0, 0.05) is 11.8 Å². The van der Waals surface area contributed by atoms with Gasteiger partial charge in [0.25, 0.3) is 0 Å². The van der Waals surface area contributed by atoms with Gasteiger partial charge in [0.15, 0.2) is 0 Å². The Hall–Kier alpha value is -0.0400. The van der Waals surface area contributed by atoms with E-state index < -0.39 is 0 Å². The molecule has 1 saturated heterocycles. The second kappa shape index (κ2) is 0.784. The number of quaternary nitrogens is 1. The zero-order chi connectivity index (χ0) is 3.98. The Bertz CT molecular complexity index is 62.3. The van der Waals surface area contributed by atoms with Crippen LogP contribution in [0.4, 0.5) is 0 Å². The van der Waals surface area contributed by atoms with Gasteiger partial charge in [-0.25, -0.2) is 0 Å². The molecule has 6 heavy (non-hydrogen) atoms.